The Bertz CT molecular complexity index is 679. The number of carbonyl (C=O) groups is 3. The minimum Gasteiger partial charge on any atom is -0.481 e. The SMILES string of the molecule is CC1=CC(C)C2C(=O)N(C(=O)c3ccccc3)C1C2C(=O)O. The summed E-state index contributed by atoms with van der Waals surface area (Å²) in [6.07, 6.45) is 1.91. The van der Waals surface area contributed by atoms with Crippen LogP contribution in [0.4, 0.5) is 0 Å². The first-order valence-electron chi connectivity index (χ1n) is 7.27. The van der Waals surface area contributed by atoms with Gasteiger partial charge < -0.3 is 5.11 Å². The molecule has 4 unspecified atom stereocenters. The molecule has 0 spiro atoms. The van der Waals surface area contributed by atoms with E-state index >= 15 is 0 Å². The summed E-state index contributed by atoms with van der Waals surface area (Å²) in [6, 6.07) is 7.82. The van der Waals surface area contributed by atoms with Crippen LogP contribution in [0.2, 0.25) is 0 Å². The number of amides is 2. The normalized spacial score (nSPS) is 30.2. The lowest BCUT2D eigenvalue weighted by Gasteiger charge is -2.29. The second-order valence-electron chi connectivity index (χ2n) is 5.98. The number of fused-ring (bicyclic) bond motifs is 2. The summed E-state index contributed by atoms with van der Waals surface area (Å²) in [7, 11) is 0. The van der Waals surface area contributed by atoms with E-state index in [1.807, 2.05) is 13.0 Å². The zero-order chi connectivity index (χ0) is 16.0. The molecule has 0 aromatic heterocycles. The summed E-state index contributed by atoms with van der Waals surface area (Å²) in [5, 5.41) is 9.53. The van der Waals surface area contributed by atoms with Crippen LogP contribution in [0.25, 0.3) is 0 Å². The van der Waals surface area contributed by atoms with Gasteiger partial charge in [-0.25, -0.2) is 0 Å². The monoisotopic (exact) mass is 299 g/mol. The molecule has 5 nitrogen and oxygen atoms in total. The number of carboxylic acid groups (broad SMARTS) is 1. The largest absolute Gasteiger partial charge is 0.481 e. The van der Waals surface area contributed by atoms with Gasteiger partial charge in [0.15, 0.2) is 0 Å². The maximum absolute atomic E-state index is 12.7. The van der Waals surface area contributed by atoms with Crippen molar-refractivity contribution in [3.63, 3.8) is 0 Å². The molecule has 1 aromatic carbocycles. The van der Waals surface area contributed by atoms with Crippen molar-refractivity contribution in [1.29, 1.82) is 0 Å². The fraction of sp³-hybridized carbons (Fsp3) is 0.353. The molecule has 1 heterocycles. The molecule has 5 heteroatoms. The first-order valence-corrected chi connectivity index (χ1v) is 7.27. The number of likely N-dealkylation sites (tertiary alicyclic amines) is 1. The number of rotatable bonds is 2. The number of imide groups is 1. The van der Waals surface area contributed by atoms with Gasteiger partial charge in [-0.1, -0.05) is 36.8 Å². The zero-order valence-electron chi connectivity index (χ0n) is 12.4. The van der Waals surface area contributed by atoms with Crippen LogP contribution < -0.4 is 0 Å². The molecule has 1 fully saturated rings. The van der Waals surface area contributed by atoms with Crippen molar-refractivity contribution in [1.82, 2.24) is 4.90 Å². The minimum atomic E-state index is -1.02. The maximum Gasteiger partial charge on any atom is 0.309 e. The topological polar surface area (TPSA) is 74.7 Å². The van der Waals surface area contributed by atoms with Crippen LogP contribution in [0, 0.1) is 17.8 Å². The van der Waals surface area contributed by atoms with Gasteiger partial charge in [-0.2, -0.15) is 0 Å². The summed E-state index contributed by atoms with van der Waals surface area (Å²) in [5.41, 5.74) is 1.17. The molecule has 1 aliphatic carbocycles. The van der Waals surface area contributed by atoms with Crippen LogP contribution in [0.5, 0.6) is 0 Å². The first-order chi connectivity index (χ1) is 10.4. The highest BCUT2D eigenvalue weighted by atomic mass is 16.4. The van der Waals surface area contributed by atoms with Crippen LogP contribution in [-0.2, 0) is 9.59 Å². The molecule has 22 heavy (non-hydrogen) atoms. The Kier molecular flexibility index (Phi) is 3.35. The predicted octanol–water partition coefficient (Wildman–Crippen LogP) is 1.95. The Labute approximate surface area is 128 Å². The van der Waals surface area contributed by atoms with E-state index in [2.05, 4.69) is 0 Å². The third-order valence-electron chi connectivity index (χ3n) is 4.61. The summed E-state index contributed by atoms with van der Waals surface area (Å²) < 4.78 is 0. The number of aliphatic carboxylic acids is 1. The Morgan fingerprint density at radius 1 is 1.18 bits per heavy atom. The lowest BCUT2D eigenvalue weighted by atomic mass is 9.74. The van der Waals surface area contributed by atoms with E-state index < -0.39 is 29.8 Å². The van der Waals surface area contributed by atoms with Gasteiger partial charge in [0.25, 0.3) is 5.91 Å². The molecule has 3 rings (SSSR count). The number of benzene rings is 1. The van der Waals surface area contributed by atoms with Crippen molar-refractivity contribution in [2.75, 3.05) is 0 Å². The van der Waals surface area contributed by atoms with E-state index in [9.17, 15) is 19.5 Å². The number of hydrogen-bond acceptors (Lipinski definition) is 3. The van der Waals surface area contributed by atoms with Crippen LogP contribution in [0.15, 0.2) is 42.0 Å². The molecular weight excluding hydrogens is 282 g/mol. The average Bonchev–Trinajstić information content (AvgIpc) is 2.76. The van der Waals surface area contributed by atoms with Gasteiger partial charge in [0.1, 0.15) is 0 Å². The van der Waals surface area contributed by atoms with E-state index in [0.29, 0.717) is 5.56 Å². The number of carbonyl (C=O) groups excluding carboxylic acids is 2. The Morgan fingerprint density at radius 2 is 1.82 bits per heavy atom. The van der Waals surface area contributed by atoms with Crippen molar-refractivity contribution in [2.45, 2.75) is 19.9 Å². The van der Waals surface area contributed by atoms with Crippen molar-refractivity contribution in [2.24, 2.45) is 17.8 Å². The van der Waals surface area contributed by atoms with E-state index in [-0.39, 0.29) is 11.8 Å². The van der Waals surface area contributed by atoms with Gasteiger partial charge in [0.2, 0.25) is 5.91 Å². The fourth-order valence-electron chi connectivity index (χ4n) is 3.70. The molecule has 1 N–H and O–H groups in total. The molecule has 114 valence electrons. The summed E-state index contributed by atoms with van der Waals surface area (Å²) >= 11 is 0. The lowest BCUT2D eigenvalue weighted by molar-refractivity contribution is -0.145. The Hall–Kier alpha value is -2.43. The molecular formula is C17H17NO4. The minimum absolute atomic E-state index is 0.182. The quantitative estimate of drug-likeness (QED) is 0.669. The summed E-state index contributed by atoms with van der Waals surface area (Å²) in [4.78, 5) is 38.2. The Balaban J connectivity index is 2.06. The van der Waals surface area contributed by atoms with Gasteiger partial charge in [-0.15, -0.1) is 0 Å². The first kappa shape index (κ1) is 14.5. The maximum atomic E-state index is 12.7. The molecule has 2 bridgehead atoms. The molecule has 1 aromatic rings. The van der Waals surface area contributed by atoms with E-state index in [4.69, 9.17) is 0 Å². The second kappa shape index (κ2) is 5.09. The van der Waals surface area contributed by atoms with E-state index in [1.54, 1.807) is 37.3 Å². The third-order valence-corrected chi connectivity index (χ3v) is 4.61. The van der Waals surface area contributed by atoms with Gasteiger partial charge in [-0.05, 0) is 25.0 Å². The number of allylic oxidation sites excluding steroid dienone is 1. The standard InChI is InChI=1S/C17H17NO4/c1-9-8-10(2)14-13(17(21)22)12(9)16(20)18(14)15(19)11-6-4-3-5-7-11/h3-9,12-14H,1-2H3,(H,21,22). The van der Waals surface area contributed by atoms with Crippen molar-refractivity contribution >= 4 is 17.8 Å². The lowest BCUT2D eigenvalue weighted by Crippen LogP contribution is -2.42. The molecule has 0 saturated carbocycles. The van der Waals surface area contributed by atoms with Crippen LogP contribution in [0.3, 0.4) is 0 Å². The highest BCUT2D eigenvalue weighted by Gasteiger charge is 2.58. The molecule has 1 aliphatic heterocycles. The molecule has 2 amide bonds. The van der Waals surface area contributed by atoms with Crippen molar-refractivity contribution in [3.8, 4) is 0 Å². The van der Waals surface area contributed by atoms with Gasteiger partial charge in [-0.3, -0.25) is 19.3 Å². The number of nitrogens with zero attached hydrogens (tertiary/aromatic N) is 1. The highest BCUT2D eigenvalue weighted by Crippen LogP contribution is 2.44. The Morgan fingerprint density at radius 3 is 2.41 bits per heavy atom. The van der Waals surface area contributed by atoms with Gasteiger partial charge >= 0.3 is 5.97 Å². The third kappa shape index (κ3) is 1.96. The second-order valence-corrected chi connectivity index (χ2v) is 5.98. The van der Waals surface area contributed by atoms with Crippen molar-refractivity contribution in [3.05, 3.63) is 47.5 Å². The predicted molar refractivity (Wildman–Crippen MR) is 78.9 cm³/mol. The zero-order valence-corrected chi connectivity index (χ0v) is 12.4. The molecule has 1 saturated heterocycles. The fourth-order valence-corrected chi connectivity index (χ4v) is 3.70. The van der Waals surface area contributed by atoms with E-state index in [0.717, 1.165) is 10.5 Å². The molecule has 2 aliphatic rings. The van der Waals surface area contributed by atoms with Gasteiger partial charge in [0, 0.05) is 5.56 Å². The molecule has 4 atom stereocenters. The van der Waals surface area contributed by atoms with Crippen LogP contribution in [-0.4, -0.2) is 33.8 Å². The number of carboxylic acids is 1. The highest BCUT2D eigenvalue weighted by molar-refractivity contribution is 6.09. The average molecular weight is 299 g/mol. The number of hydrogen-bond donors (Lipinski definition) is 1. The summed E-state index contributed by atoms with van der Waals surface area (Å²) in [5.74, 6) is -3.54. The summed E-state index contributed by atoms with van der Waals surface area (Å²) in [6.45, 7) is 3.62. The smallest absolute Gasteiger partial charge is 0.309 e. The van der Waals surface area contributed by atoms with Crippen LogP contribution >= 0.6 is 0 Å². The van der Waals surface area contributed by atoms with Crippen LogP contribution in [0.1, 0.15) is 24.2 Å². The van der Waals surface area contributed by atoms with E-state index in [1.165, 1.54) is 0 Å². The van der Waals surface area contributed by atoms with Gasteiger partial charge in [0.05, 0.1) is 17.9 Å². The van der Waals surface area contributed by atoms with Crippen molar-refractivity contribution < 1.29 is 19.5 Å². The molecule has 0 radical (unpaired) electrons.